The summed E-state index contributed by atoms with van der Waals surface area (Å²) in [6.45, 7) is 3.64. The Morgan fingerprint density at radius 3 is 2.86 bits per heavy atom. The minimum atomic E-state index is 0.0960. The van der Waals surface area contributed by atoms with Crippen molar-refractivity contribution in [2.75, 3.05) is 23.7 Å². The van der Waals surface area contributed by atoms with E-state index in [1.807, 2.05) is 6.92 Å². The fourth-order valence-corrected chi connectivity index (χ4v) is 3.56. The summed E-state index contributed by atoms with van der Waals surface area (Å²) in [5, 5.41) is 2.99. The quantitative estimate of drug-likeness (QED) is 0.846. The first-order chi connectivity index (χ1) is 10.1. The molecule has 0 bridgehead atoms. The van der Waals surface area contributed by atoms with Crippen LogP contribution in [0.3, 0.4) is 0 Å². The summed E-state index contributed by atoms with van der Waals surface area (Å²) in [4.78, 5) is 23.5. The highest BCUT2D eigenvalue weighted by atomic mass is 16.2. The van der Waals surface area contributed by atoms with E-state index in [9.17, 15) is 4.79 Å². The molecule has 1 aromatic rings. The molecular weight excluding hydrogens is 266 g/mol. The monoisotopic (exact) mass is 287 g/mol. The summed E-state index contributed by atoms with van der Waals surface area (Å²) in [5.74, 6) is 3.17. The van der Waals surface area contributed by atoms with E-state index in [0.29, 0.717) is 18.3 Å². The number of carbonyl (C=O) groups excluding carboxylic acids is 1. The standard InChI is InChI=1S/C15H21N5O/c1-8-12(16)18-13(9-4-5-9)19-14(8)20-6-2-3-10-11(20)7-17-15(10)21/h9-11H,2-7H2,1H3,(H,17,21)(H2,16,18,19). The number of anilines is 2. The third-order valence-corrected chi connectivity index (χ3v) is 4.99. The molecule has 2 aliphatic heterocycles. The lowest BCUT2D eigenvalue weighted by Crippen LogP contribution is -2.46. The van der Waals surface area contributed by atoms with Crippen molar-refractivity contribution in [3.05, 3.63) is 11.4 Å². The molecule has 0 aromatic carbocycles. The van der Waals surface area contributed by atoms with Gasteiger partial charge in [0.05, 0.1) is 12.0 Å². The SMILES string of the molecule is Cc1c(N)nc(C2CC2)nc1N1CCCC2C(=O)NCC21. The number of aromatic nitrogens is 2. The molecule has 2 atom stereocenters. The highest BCUT2D eigenvalue weighted by Crippen LogP contribution is 2.40. The predicted molar refractivity (Wildman–Crippen MR) is 80.0 cm³/mol. The van der Waals surface area contributed by atoms with Gasteiger partial charge in [0, 0.05) is 24.6 Å². The number of nitrogens with one attached hydrogen (secondary N) is 1. The van der Waals surface area contributed by atoms with Crippen LogP contribution >= 0.6 is 0 Å². The molecular formula is C15H21N5O. The molecule has 112 valence electrons. The lowest BCUT2D eigenvalue weighted by molar-refractivity contribution is -0.122. The molecule has 6 nitrogen and oxygen atoms in total. The van der Waals surface area contributed by atoms with Crippen LogP contribution in [0.15, 0.2) is 0 Å². The fraction of sp³-hybridized carbons (Fsp3) is 0.667. The Hall–Kier alpha value is -1.85. The average Bonchev–Trinajstić information content (AvgIpc) is 3.26. The molecule has 0 spiro atoms. The molecule has 1 aliphatic carbocycles. The summed E-state index contributed by atoms with van der Waals surface area (Å²) >= 11 is 0. The van der Waals surface area contributed by atoms with Gasteiger partial charge >= 0.3 is 0 Å². The van der Waals surface area contributed by atoms with Crippen LogP contribution in [0.2, 0.25) is 0 Å². The molecule has 3 N–H and O–H groups in total. The molecule has 3 heterocycles. The Balaban J connectivity index is 1.73. The molecule has 1 amide bonds. The summed E-state index contributed by atoms with van der Waals surface area (Å²) in [5.41, 5.74) is 7.04. The van der Waals surface area contributed by atoms with E-state index >= 15 is 0 Å². The van der Waals surface area contributed by atoms with Crippen molar-refractivity contribution in [3.8, 4) is 0 Å². The summed E-state index contributed by atoms with van der Waals surface area (Å²) in [6, 6.07) is 0.214. The topological polar surface area (TPSA) is 84.1 Å². The van der Waals surface area contributed by atoms with E-state index in [4.69, 9.17) is 10.7 Å². The highest BCUT2D eigenvalue weighted by Gasteiger charge is 2.42. The van der Waals surface area contributed by atoms with Crippen LogP contribution in [-0.2, 0) is 4.79 Å². The first kappa shape index (κ1) is 12.9. The second-order valence-electron chi connectivity index (χ2n) is 6.44. The predicted octanol–water partition coefficient (Wildman–Crippen LogP) is 0.959. The third kappa shape index (κ3) is 2.04. The maximum Gasteiger partial charge on any atom is 0.225 e. The van der Waals surface area contributed by atoms with Gasteiger partial charge in [0.1, 0.15) is 17.5 Å². The Morgan fingerprint density at radius 1 is 1.29 bits per heavy atom. The van der Waals surface area contributed by atoms with Gasteiger partial charge < -0.3 is 16.0 Å². The molecule has 2 unspecified atom stereocenters. The summed E-state index contributed by atoms with van der Waals surface area (Å²) in [6.07, 6.45) is 4.32. The lowest BCUT2D eigenvalue weighted by atomic mass is 9.91. The maximum absolute atomic E-state index is 11.9. The number of fused-ring (bicyclic) bond motifs is 1. The number of amides is 1. The van der Waals surface area contributed by atoms with Gasteiger partial charge in [-0.3, -0.25) is 4.79 Å². The number of nitrogens with zero attached hydrogens (tertiary/aromatic N) is 3. The maximum atomic E-state index is 11.9. The van der Waals surface area contributed by atoms with Gasteiger partial charge in [0.15, 0.2) is 0 Å². The van der Waals surface area contributed by atoms with Crippen LogP contribution in [0, 0.1) is 12.8 Å². The second-order valence-corrected chi connectivity index (χ2v) is 6.44. The Kier molecular flexibility index (Phi) is 2.80. The van der Waals surface area contributed by atoms with Crippen molar-refractivity contribution >= 4 is 17.5 Å². The van der Waals surface area contributed by atoms with Gasteiger partial charge in [-0.2, -0.15) is 0 Å². The number of carbonyl (C=O) groups is 1. The van der Waals surface area contributed by atoms with E-state index < -0.39 is 0 Å². The molecule has 3 aliphatic rings. The number of hydrogen-bond acceptors (Lipinski definition) is 5. The normalized spacial score (nSPS) is 28.4. The van der Waals surface area contributed by atoms with Crippen molar-refractivity contribution in [2.45, 2.75) is 44.6 Å². The van der Waals surface area contributed by atoms with Crippen LogP contribution < -0.4 is 16.0 Å². The zero-order valence-corrected chi connectivity index (χ0v) is 12.3. The largest absolute Gasteiger partial charge is 0.383 e. The van der Waals surface area contributed by atoms with Crippen molar-refractivity contribution in [1.82, 2.24) is 15.3 Å². The zero-order chi connectivity index (χ0) is 14.6. The van der Waals surface area contributed by atoms with Crippen LogP contribution in [0.4, 0.5) is 11.6 Å². The number of piperidine rings is 1. The summed E-state index contributed by atoms with van der Waals surface area (Å²) < 4.78 is 0. The number of nitrogens with two attached hydrogens (primary N) is 1. The van der Waals surface area contributed by atoms with Gasteiger partial charge in [-0.05, 0) is 32.6 Å². The number of hydrogen-bond donors (Lipinski definition) is 2. The van der Waals surface area contributed by atoms with E-state index in [2.05, 4.69) is 15.2 Å². The molecule has 1 saturated carbocycles. The molecule has 21 heavy (non-hydrogen) atoms. The van der Waals surface area contributed by atoms with Crippen molar-refractivity contribution in [2.24, 2.45) is 5.92 Å². The van der Waals surface area contributed by atoms with Gasteiger partial charge in [-0.1, -0.05) is 0 Å². The Morgan fingerprint density at radius 2 is 2.10 bits per heavy atom. The zero-order valence-electron chi connectivity index (χ0n) is 12.3. The first-order valence-electron chi connectivity index (χ1n) is 7.83. The molecule has 3 fully saturated rings. The minimum Gasteiger partial charge on any atom is -0.383 e. The van der Waals surface area contributed by atoms with Gasteiger partial charge in [0.25, 0.3) is 0 Å². The van der Waals surface area contributed by atoms with Crippen molar-refractivity contribution < 1.29 is 4.79 Å². The van der Waals surface area contributed by atoms with Gasteiger partial charge in [-0.15, -0.1) is 0 Å². The van der Waals surface area contributed by atoms with E-state index in [1.165, 1.54) is 0 Å². The van der Waals surface area contributed by atoms with Crippen LogP contribution in [0.5, 0.6) is 0 Å². The van der Waals surface area contributed by atoms with Gasteiger partial charge in [0.2, 0.25) is 5.91 Å². The summed E-state index contributed by atoms with van der Waals surface area (Å²) in [7, 11) is 0. The van der Waals surface area contributed by atoms with E-state index in [-0.39, 0.29) is 17.9 Å². The smallest absolute Gasteiger partial charge is 0.225 e. The first-order valence-corrected chi connectivity index (χ1v) is 7.83. The van der Waals surface area contributed by atoms with Gasteiger partial charge in [-0.25, -0.2) is 9.97 Å². The highest BCUT2D eigenvalue weighted by molar-refractivity contribution is 5.83. The molecule has 4 rings (SSSR count). The van der Waals surface area contributed by atoms with Crippen LogP contribution in [0.25, 0.3) is 0 Å². The minimum absolute atomic E-state index is 0.0960. The van der Waals surface area contributed by atoms with E-state index in [1.54, 1.807) is 0 Å². The lowest BCUT2D eigenvalue weighted by Gasteiger charge is -2.37. The Bertz CT molecular complexity index is 598. The average molecular weight is 287 g/mol. The second kappa shape index (κ2) is 4.58. The van der Waals surface area contributed by atoms with Crippen molar-refractivity contribution in [1.29, 1.82) is 0 Å². The fourth-order valence-electron chi connectivity index (χ4n) is 3.56. The molecule has 1 aromatic heterocycles. The van der Waals surface area contributed by atoms with E-state index in [0.717, 1.165) is 49.4 Å². The Labute approximate surface area is 124 Å². The van der Waals surface area contributed by atoms with Crippen LogP contribution in [-0.4, -0.2) is 35.0 Å². The third-order valence-electron chi connectivity index (χ3n) is 4.99. The van der Waals surface area contributed by atoms with Crippen LogP contribution in [0.1, 0.15) is 43.0 Å². The number of nitrogen functional groups attached to an aromatic ring is 1. The molecule has 2 saturated heterocycles. The molecule has 0 radical (unpaired) electrons. The van der Waals surface area contributed by atoms with Crippen molar-refractivity contribution in [3.63, 3.8) is 0 Å². The molecule has 6 heteroatoms. The number of rotatable bonds is 2.